The zero-order valence-electron chi connectivity index (χ0n) is 14.3. The van der Waals surface area contributed by atoms with Crippen molar-refractivity contribution in [3.63, 3.8) is 0 Å². The molecule has 0 aromatic heterocycles. The van der Waals surface area contributed by atoms with Crippen molar-refractivity contribution < 1.29 is 22.7 Å². The first-order valence-electron chi connectivity index (χ1n) is 7.81. The third-order valence-electron chi connectivity index (χ3n) is 3.76. The van der Waals surface area contributed by atoms with Gasteiger partial charge in [0.15, 0.2) is 12.4 Å². The Morgan fingerprint density at radius 1 is 1.12 bits per heavy atom. The number of hydrogen-bond donors (Lipinski definition) is 1. The standard InChI is InChI=1S/C18H18ClNO5S/c1-3-12-4-6-13(7-5-12)17(21)11-25-18(22)15-10-14(8-9-16(15)19)26(23,24)20-2/h4-10,20H,3,11H2,1-2H3. The first kappa shape index (κ1) is 20.1. The summed E-state index contributed by atoms with van der Waals surface area (Å²) in [4.78, 5) is 24.2. The van der Waals surface area contributed by atoms with Gasteiger partial charge in [-0.3, -0.25) is 4.79 Å². The van der Waals surface area contributed by atoms with Crippen LogP contribution < -0.4 is 4.72 Å². The van der Waals surface area contributed by atoms with Gasteiger partial charge in [0.25, 0.3) is 0 Å². The first-order valence-corrected chi connectivity index (χ1v) is 9.67. The van der Waals surface area contributed by atoms with E-state index in [0.717, 1.165) is 18.1 Å². The number of benzene rings is 2. The number of ether oxygens (including phenoxy) is 1. The molecule has 2 rings (SSSR count). The smallest absolute Gasteiger partial charge is 0.340 e. The molecule has 0 aliphatic rings. The molecule has 26 heavy (non-hydrogen) atoms. The van der Waals surface area contributed by atoms with Crippen LogP contribution in [0.15, 0.2) is 47.4 Å². The number of sulfonamides is 1. The molecule has 0 atom stereocenters. The summed E-state index contributed by atoms with van der Waals surface area (Å²) in [6.45, 7) is 1.54. The number of rotatable bonds is 7. The Bertz CT molecular complexity index is 923. The van der Waals surface area contributed by atoms with Crippen molar-refractivity contribution in [1.29, 1.82) is 0 Å². The van der Waals surface area contributed by atoms with Crippen LogP contribution in [0, 0.1) is 0 Å². The van der Waals surface area contributed by atoms with E-state index in [4.69, 9.17) is 16.3 Å². The van der Waals surface area contributed by atoms with Crippen LogP contribution in [-0.4, -0.2) is 33.8 Å². The summed E-state index contributed by atoms with van der Waals surface area (Å²) in [5.41, 5.74) is 1.39. The fraction of sp³-hybridized carbons (Fsp3) is 0.222. The lowest BCUT2D eigenvalue weighted by Gasteiger charge is -2.08. The fourth-order valence-corrected chi connectivity index (χ4v) is 3.11. The van der Waals surface area contributed by atoms with Gasteiger partial charge in [-0.1, -0.05) is 42.8 Å². The monoisotopic (exact) mass is 395 g/mol. The van der Waals surface area contributed by atoms with Crippen LogP contribution in [0.25, 0.3) is 0 Å². The molecule has 1 N–H and O–H groups in total. The van der Waals surface area contributed by atoms with Crippen molar-refractivity contribution >= 4 is 33.4 Å². The summed E-state index contributed by atoms with van der Waals surface area (Å²) in [5, 5.41) is 0.0322. The molecule has 0 radical (unpaired) electrons. The van der Waals surface area contributed by atoms with Gasteiger partial charge in [-0.2, -0.15) is 0 Å². The molecular weight excluding hydrogens is 378 g/mol. The Morgan fingerprint density at radius 3 is 2.35 bits per heavy atom. The average molecular weight is 396 g/mol. The Balaban J connectivity index is 2.12. The van der Waals surface area contributed by atoms with Gasteiger partial charge in [0.1, 0.15) is 0 Å². The number of aryl methyl sites for hydroxylation is 1. The SMILES string of the molecule is CCc1ccc(C(=O)COC(=O)c2cc(S(=O)(=O)NC)ccc2Cl)cc1. The van der Waals surface area contributed by atoms with Crippen LogP contribution in [0.1, 0.15) is 33.2 Å². The van der Waals surface area contributed by atoms with E-state index < -0.39 is 22.6 Å². The Morgan fingerprint density at radius 2 is 1.77 bits per heavy atom. The number of carbonyl (C=O) groups excluding carboxylic acids is 2. The molecular formula is C18H18ClNO5S. The zero-order valence-corrected chi connectivity index (χ0v) is 15.9. The number of carbonyl (C=O) groups is 2. The van der Waals surface area contributed by atoms with Crippen molar-refractivity contribution in [3.8, 4) is 0 Å². The van der Waals surface area contributed by atoms with E-state index in [2.05, 4.69) is 4.72 Å². The average Bonchev–Trinajstić information content (AvgIpc) is 2.66. The maximum Gasteiger partial charge on any atom is 0.340 e. The second kappa shape index (κ2) is 8.44. The predicted molar refractivity (Wildman–Crippen MR) is 98.1 cm³/mol. The number of esters is 1. The highest BCUT2D eigenvalue weighted by atomic mass is 35.5. The van der Waals surface area contributed by atoms with Gasteiger partial charge in [-0.25, -0.2) is 17.9 Å². The second-order valence-electron chi connectivity index (χ2n) is 5.40. The van der Waals surface area contributed by atoms with E-state index in [-0.39, 0.29) is 21.3 Å². The molecule has 8 heteroatoms. The lowest BCUT2D eigenvalue weighted by molar-refractivity contribution is 0.0474. The van der Waals surface area contributed by atoms with Crippen molar-refractivity contribution in [2.24, 2.45) is 0 Å². The van der Waals surface area contributed by atoms with Crippen molar-refractivity contribution in [2.75, 3.05) is 13.7 Å². The van der Waals surface area contributed by atoms with E-state index in [1.165, 1.54) is 19.2 Å². The molecule has 0 spiro atoms. The summed E-state index contributed by atoms with van der Waals surface area (Å²) in [6, 6.07) is 10.7. The molecule has 0 saturated heterocycles. The topological polar surface area (TPSA) is 89.5 Å². The number of hydrogen-bond acceptors (Lipinski definition) is 5. The quantitative estimate of drug-likeness (QED) is 0.575. The van der Waals surface area contributed by atoms with Gasteiger partial charge >= 0.3 is 5.97 Å². The first-order chi connectivity index (χ1) is 12.3. The number of ketones is 1. The van der Waals surface area contributed by atoms with Gasteiger partial charge in [-0.15, -0.1) is 0 Å². The molecule has 0 amide bonds. The minimum atomic E-state index is -3.74. The van der Waals surface area contributed by atoms with Crippen LogP contribution in [0.4, 0.5) is 0 Å². The van der Waals surface area contributed by atoms with Crippen LogP contribution in [0.3, 0.4) is 0 Å². The zero-order chi connectivity index (χ0) is 19.3. The van der Waals surface area contributed by atoms with Crippen LogP contribution in [-0.2, 0) is 21.2 Å². The third kappa shape index (κ3) is 4.69. The van der Waals surface area contributed by atoms with Gasteiger partial charge in [0.2, 0.25) is 10.0 Å². The highest BCUT2D eigenvalue weighted by Crippen LogP contribution is 2.21. The number of Topliss-reactive ketones (excluding diaryl/α,β-unsaturated/α-hetero) is 1. The van der Waals surface area contributed by atoms with Gasteiger partial charge in [0.05, 0.1) is 15.5 Å². The third-order valence-corrected chi connectivity index (χ3v) is 5.50. The van der Waals surface area contributed by atoms with Crippen molar-refractivity contribution in [1.82, 2.24) is 4.72 Å². The highest BCUT2D eigenvalue weighted by molar-refractivity contribution is 7.89. The second-order valence-corrected chi connectivity index (χ2v) is 7.69. The van der Waals surface area contributed by atoms with Crippen LogP contribution in [0.5, 0.6) is 0 Å². The summed E-state index contributed by atoms with van der Waals surface area (Å²) in [7, 11) is -2.48. The fourth-order valence-electron chi connectivity index (χ4n) is 2.16. The molecule has 0 aliphatic heterocycles. The Kier molecular flexibility index (Phi) is 6.52. The molecule has 0 unspecified atom stereocenters. The maximum atomic E-state index is 12.2. The molecule has 2 aromatic rings. The van der Waals surface area contributed by atoms with Gasteiger partial charge in [-0.05, 0) is 37.2 Å². The molecule has 138 valence electrons. The predicted octanol–water partition coefficient (Wildman–Crippen LogP) is 2.85. The largest absolute Gasteiger partial charge is 0.454 e. The molecule has 0 fully saturated rings. The van der Waals surface area contributed by atoms with Crippen LogP contribution >= 0.6 is 11.6 Å². The lowest BCUT2D eigenvalue weighted by atomic mass is 10.1. The van der Waals surface area contributed by atoms with Crippen molar-refractivity contribution in [3.05, 3.63) is 64.2 Å². The van der Waals surface area contributed by atoms with E-state index in [0.29, 0.717) is 5.56 Å². The molecule has 0 saturated carbocycles. The lowest BCUT2D eigenvalue weighted by Crippen LogP contribution is -2.20. The Hall–Kier alpha value is -2.22. The molecule has 6 nitrogen and oxygen atoms in total. The van der Waals surface area contributed by atoms with E-state index in [1.807, 2.05) is 19.1 Å². The van der Waals surface area contributed by atoms with E-state index >= 15 is 0 Å². The highest BCUT2D eigenvalue weighted by Gasteiger charge is 2.19. The van der Waals surface area contributed by atoms with Gasteiger partial charge < -0.3 is 4.74 Å². The molecule has 0 aliphatic carbocycles. The van der Waals surface area contributed by atoms with E-state index in [1.54, 1.807) is 12.1 Å². The number of halogens is 1. The summed E-state index contributed by atoms with van der Waals surface area (Å²) >= 11 is 5.95. The van der Waals surface area contributed by atoms with Crippen molar-refractivity contribution in [2.45, 2.75) is 18.2 Å². The Labute approximate surface area is 157 Å². The molecule has 0 heterocycles. The van der Waals surface area contributed by atoms with Crippen LogP contribution in [0.2, 0.25) is 5.02 Å². The molecule has 2 aromatic carbocycles. The minimum absolute atomic E-state index is 0.0322. The van der Waals surface area contributed by atoms with E-state index in [9.17, 15) is 18.0 Å². The summed E-state index contributed by atoms with van der Waals surface area (Å²) < 4.78 is 30.8. The normalized spacial score (nSPS) is 11.2. The minimum Gasteiger partial charge on any atom is -0.454 e. The summed E-state index contributed by atoms with van der Waals surface area (Å²) in [6.07, 6.45) is 0.855. The maximum absolute atomic E-state index is 12.2. The number of nitrogens with one attached hydrogen (secondary N) is 1. The summed E-state index contributed by atoms with van der Waals surface area (Å²) in [5.74, 6) is -1.24. The van der Waals surface area contributed by atoms with Gasteiger partial charge in [0, 0.05) is 5.56 Å². The molecule has 0 bridgehead atoms.